The summed E-state index contributed by atoms with van der Waals surface area (Å²) in [5, 5.41) is 5.83. The van der Waals surface area contributed by atoms with Gasteiger partial charge in [0.2, 0.25) is 5.96 Å². The molecular weight excluding hydrogens is 551 g/mol. The molecule has 5 nitrogen and oxygen atoms in total. The second kappa shape index (κ2) is 13.6. The summed E-state index contributed by atoms with van der Waals surface area (Å²) >= 11 is 6.10. The first kappa shape index (κ1) is 31.5. The van der Waals surface area contributed by atoms with Crippen LogP contribution >= 0.6 is 11.6 Å². The lowest BCUT2D eigenvalue weighted by atomic mass is 9.77. The third-order valence-corrected chi connectivity index (χ3v) is 7.46. The Morgan fingerprint density at radius 2 is 1.82 bits per heavy atom. The number of hydrogen-bond donors (Lipinski definition) is 2. The SMILES string of the molecule is CCCCC1CC(C)C(N=C(NC(=O)c2ccc(F)c(F)c2)Nc2cccc(Cl)c2)C(C)C(C(F)(F)F)=NC1C. The van der Waals surface area contributed by atoms with Crippen molar-refractivity contribution in [1.82, 2.24) is 5.32 Å². The predicted molar refractivity (Wildman–Crippen MR) is 149 cm³/mol. The number of unbranched alkanes of at least 4 members (excludes halogenated alkanes) is 1. The van der Waals surface area contributed by atoms with Crippen LogP contribution in [0.25, 0.3) is 0 Å². The van der Waals surface area contributed by atoms with E-state index in [1.54, 1.807) is 31.2 Å². The number of aliphatic imine (C=N–C) groups is 2. The van der Waals surface area contributed by atoms with E-state index in [4.69, 9.17) is 11.6 Å². The molecule has 0 saturated carbocycles. The van der Waals surface area contributed by atoms with Gasteiger partial charge in [0, 0.05) is 22.2 Å². The van der Waals surface area contributed by atoms with Crippen LogP contribution in [-0.4, -0.2) is 35.8 Å². The van der Waals surface area contributed by atoms with Crippen molar-refractivity contribution in [2.45, 2.75) is 71.6 Å². The number of anilines is 1. The largest absolute Gasteiger partial charge is 0.429 e. The average molecular weight is 585 g/mol. The maximum absolute atomic E-state index is 14.2. The fourth-order valence-electron chi connectivity index (χ4n) is 5.07. The molecule has 2 N–H and O–H groups in total. The molecule has 2 aromatic rings. The molecule has 218 valence electrons. The van der Waals surface area contributed by atoms with Gasteiger partial charge in [-0.1, -0.05) is 51.3 Å². The van der Waals surface area contributed by atoms with Gasteiger partial charge in [-0.2, -0.15) is 13.2 Å². The van der Waals surface area contributed by atoms with Gasteiger partial charge in [-0.05, 0) is 68.0 Å². The van der Waals surface area contributed by atoms with E-state index in [0.29, 0.717) is 17.1 Å². The van der Waals surface area contributed by atoms with Gasteiger partial charge in [0.25, 0.3) is 5.91 Å². The minimum absolute atomic E-state index is 0.0707. The summed E-state index contributed by atoms with van der Waals surface area (Å²) in [6.07, 6.45) is -1.55. The lowest BCUT2D eigenvalue weighted by Crippen LogP contribution is -2.44. The number of hydrogen-bond acceptors (Lipinski definition) is 3. The number of nitrogens with one attached hydrogen (secondary N) is 2. The monoisotopic (exact) mass is 584 g/mol. The number of carbonyl (C=O) groups excluding carboxylic acids is 1. The normalized spacial score (nSPS) is 24.1. The van der Waals surface area contributed by atoms with Crippen LogP contribution in [0.3, 0.4) is 0 Å². The first-order valence-corrected chi connectivity index (χ1v) is 13.7. The number of amides is 1. The minimum Gasteiger partial charge on any atom is -0.326 e. The van der Waals surface area contributed by atoms with Crippen molar-refractivity contribution < 1.29 is 26.7 Å². The van der Waals surface area contributed by atoms with E-state index < -0.39 is 47.4 Å². The Morgan fingerprint density at radius 1 is 1.10 bits per heavy atom. The van der Waals surface area contributed by atoms with Crippen LogP contribution in [0.2, 0.25) is 5.02 Å². The van der Waals surface area contributed by atoms with Gasteiger partial charge in [-0.15, -0.1) is 0 Å². The Kier molecular flexibility index (Phi) is 10.7. The average Bonchev–Trinajstić information content (AvgIpc) is 2.87. The molecule has 1 heterocycles. The van der Waals surface area contributed by atoms with Crippen LogP contribution in [0, 0.1) is 29.4 Å². The first-order chi connectivity index (χ1) is 18.8. The fourth-order valence-corrected chi connectivity index (χ4v) is 5.26. The zero-order valence-electron chi connectivity index (χ0n) is 22.8. The van der Waals surface area contributed by atoms with Crippen LogP contribution in [-0.2, 0) is 0 Å². The van der Waals surface area contributed by atoms with Gasteiger partial charge in [0.05, 0.1) is 12.1 Å². The zero-order valence-corrected chi connectivity index (χ0v) is 23.6. The topological polar surface area (TPSA) is 65.8 Å². The minimum atomic E-state index is -4.66. The molecular formula is C29H34ClF5N4O. The fraction of sp³-hybridized carbons (Fsp3) is 0.483. The van der Waals surface area contributed by atoms with Crippen LogP contribution < -0.4 is 10.6 Å². The standard InChI is InChI=1S/C29H34ClF5N4O/c1-5-6-8-19-13-16(2)25(17(3)26(29(33,34)35)36-18(19)4)38-28(37-22-10-7-9-21(30)15-22)39-27(40)20-11-12-23(31)24(32)14-20/h7,9-12,14-19,25H,5-6,8,13H2,1-4H3,(H2,37,38,39,40). The Labute approximate surface area is 236 Å². The van der Waals surface area contributed by atoms with E-state index >= 15 is 0 Å². The number of carbonyl (C=O) groups is 1. The lowest BCUT2D eigenvalue weighted by Gasteiger charge is -2.36. The Morgan fingerprint density at radius 3 is 2.45 bits per heavy atom. The second-order valence-electron chi connectivity index (χ2n) is 10.3. The highest BCUT2D eigenvalue weighted by atomic mass is 35.5. The van der Waals surface area contributed by atoms with Crippen LogP contribution in [0.1, 0.15) is 63.7 Å². The molecule has 1 aliphatic rings. The molecule has 0 radical (unpaired) electrons. The van der Waals surface area contributed by atoms with Gasteiger partial charge in [0.15, 0.2) is 11.6 Å². The molecule has 0 spiro atoms. The van der Waals surface area contributed by atoms with Crippen molar-refractivity contribution in [3.8, 4) is 0 Å². The molecule has 1 aliphatic heterocycles. The first-order valence-electron chi connectivity index (χ1n) is 13.3. The molecule has 1 amide bonds. The third kappa shape index (κ3) is 8.25. The van der Waals surface area contributed by atoms with Gasteiger partial charge in [-0.3, -0.25) is 15.1 Å². The highest BCUT2D eigenvalue weighted by Crippen LogP contribution is 2.36. The molecule has 0 bridgehead atoms. The predicted octanol–water partition coefficient (Wildman–Crippen LogP) is 8.06. The third-order valence-electron chi connectivity index (χ3n) is 7.22. The maximum atomic E-state index is 14.2. The smallest absolute Gasteiger partial charge is 0.326 e. The Hall–Kier alpha value is -3.01. The number of alkyl halides is 3. The van der Waals surface area contributed by atoms with Crippen LogP contribution in [0.15, 0.2) is 52.4 Å². The maximum Gasteiger partial charge on any atom is 0.429 e. The summed E-state index contributed by atoms with van der Waals surface area (Å²) in [4.78, 5) is 21.8. The van der Waals surface area contributed by atoms with Crippen molar-refractivity contribution in [3.05, 3.63) is 64.7 Å². The number of rotatable bonds is 6. The molecule has 5 unspecified atom stereocenters. The summed E-state index contributed by atoms with van der Waals surface area (Å²) < 4.78 is 70.0. The van der Waals surface area contributed by atoms with E-state index in [1.807, 2.05) is 13.8 Å². The van der Waals surface area contributed by atoms with Gasteiger partial charge in [0.1, 0.15) is 5.71 Å². The van der Waals surface area contributed by atoms with Crippen LogP contribution in [0.5, 0.6) is 0 Å². The van der Waals surface area contributed by atoms with Gasteiger partial charge in [-0.25, -0.2) is 13.8 Å². The second-order valence-corrected chi connectivity index (χ2v) is 10.8. The van der Waals surface area contributed by atoms with Crippen LogP contribution in [0.4, 0.5) is 27.6 Å². The van der Waals surface area contributed by atoms with Crippen molar-refractivity contribution in [2.24, 2.45) is 27.7 Å². The summed E-state index contributed by atoms with van der Waals surface area (Å²) in [5.41, 5.74) is -0.665. The number of guanidine groups is 1. The molecule has 0 aliphatic carbocycles. The molecule has 3 rings (SSSR count). The van der Waals surface area contributed by atoms with Crippen molar-refractivity contribution in [2.75, 3.05) is 5.32 Å². The summed E-state index contributed by atoms with van der Waals surface area (Å²) in [6, 6.07) is 7.70. The Bertz CT molecular complexity index is 1250. The molecule has 5 atom stereocenters. The number of benzene rings is 2. The molecule has 0 fully saturated rings. The van der Waals surface area contributed by atoms with Gasteiger partial charge >= 0.3 is 6.18 Å². The number of nitrogens with zero attached hydrogens (tertiary/aromatic N) is 2. The quantitative estimate of drug-likeness (QED) is 0.205. The summed E-state index contributed by atoms with van der Waals surface area (Å²) in [7, 11) is 0. The van der Waals surface area contributed by atoms with E-state index in [0.717, 1.165) is 37.5 Å². The van der Waals surface area contributed by atoms with E-state index in [9.17, 15) is 26.7 Å². The highest BCUT2D eigenvalue weighted by Gasteiger charge is 2.45. The lowest BCUT2D eigenvalue weighted by molar-refractivity contribution is -0.0644. The van der Waals surface area contributed by atoms with Crippen molar-refractivity contribution in [1.29, 1.82) is 0 Å². The summed E-state index contributed by atoms with van der Waals surface area (Å²) in [6.45, 7) is 7.04. The molecule has 11 heteroatoms. The number of halogens is 6. The van der Waals surface area contributed by atoms with E-state index in [1.165, 1.54) is 6.92 Å². The van der Waals surface area contributed by atoms with Crippen molar-refractivity contribution in [3.63, 3.8) is 0 Å². The summed E-state index contributed by atoms with van der Waals surface area (Å²) in [5.74, 6) is -4.80. The Balaban J connectivity index is 2.06. The molecule has 2 aromatic carbocycles. The zero-order chi connectivity index (χ0) is 29.6. The molecule has 40 heavy (non-hydrogen) atoms. The van der Waals surface area contributed by atoms with E-state index in [2.05, 4.69) is 20.6 Å². The molecule has 0 saturated heterocycles. The highest BCUT2D eigenvalue weighted by molar-refractivity contribution is 6.31. The van der Waals surface area contributed by atoms with Crippen molar-refractivity contribution >= 4 is 34.9 Å². The van der Waals surface area contributed by atoms with Gasteiger partial charge < -0.3 is 5.32 Å². The molecule has 0 aromatic heterocycles. The van der Waals surface area contributed by atoms with E-state index in [-0.39, 0.29) is 23.4 Å².